The molecule has 4 aromatic rings. The van der Waals surface area contributed by atoms with Crippen LogP contribution in [0.2, 0.25) is 0 Å². The molecule has 1 amide bonds. The predicted molar refractivity (Wildman–Crippen MR) is 171 cm³/mol. The van der Waals surface area contributed by atoms with Crippen molar-refractivity contribution in [3.05, 3.63) is 103 Å². The molecule has 2 saturated heterocycles. The van der Waals surface area contributed by atoms with E-state index >= 15 is 0 Å². The topological polar surface area (TPSA) is 98.3 Å². The number of hydrogen-bond donors (Lipinski definition) is 1. The number of carbonyl (C=O) groups is 1. The van der Waals surface area contributed by atoms with Gasteiger partial charge in [0.05, 0.1) is 48.5 Å². The van der Waals surface area contributed by atoms with Crippen molar-refractivity contribution in [1.82, 2.24) is 15.0 Å². The van der Waals surface area contributed by atoms with Crippen LogP contribution in [0.15, 0.2) is 103 Å². The van der Waals surface area contributed by atoms with Gasteiger partial charge in [-0.3, -0.25) is 19.8 Å². The number of amides is 1. The number of hydrogen-bond acceptors (Lipinski definition) is 9. The number of allylic oxidation sites excluding steroid dienone is 1. The Morgan fingerprint density at radius 1 is 1.09 bits per heavy atom. The van der Waals surface area contributed by atoms with Crippen LogP contribution in [0.5, 0.6) is 17.2 Å². The summed E-state index contributed by atoms with van der Waals surface area (Å²) in [5.41, 5.74) is 3.56. The quantitative estimate of drug-likeness (QED) is 0.243. The summed E-state index contributed by atoms with van der Waals surface area (Å²) in [6.45, 7) is 8.07. The van der Waals surface area contributed by atoms with Crippen LogP contribution < -0.4 is 19.8 Å². The highest BCUT2D eigenvalue weighted by Crippen LogP contribution is 2.40. The molecule has 230 valence electrons. The van der Waals surface area contributed by atoms with Gasteiger partial charge in [0.2, 0.25) is 0 Å². The Labute approximate surface area is 261 Å². The Morgan fingerprint density at radius 3 is 2.71 bits per heavy atom. The molecule has 7 rings (SSSR count). The molecule has 1 N–H and O–H groups in total. The van der Waals surface area contributed by atoms with Gasteiger partial charge in [-0.15, -0.1) is 0 Å². The van der Waals surface area contributed by atoms with E-state index in [1.165, 1.54) is 0 Å². The van der Waals surface area contributed by atoms with Gasteiger partial charge in [-0.05, 0) is 55.8 Å². The summed E-state index contributed by atoms with van der Waals surface area (Å²) in [5, 5.41) is 7.56. The van der Waals surface area contributed by atoms with Crippen molar-refractivity contribution >= 4 is 28.3 Å². The number of rotatable bonds is 8. The average Bonchev–Trinajstić information content (AvgIpc) is 3.75. The number of anilines is 2. The Hall–Kier alpha value is -4.93. The third-order valence-electron chi connectivity index (χ3n) is 8.53. The molecule has 0 saturated carbocycles. The second-order valence-electron chi connectivity index (χ2n) is 11.6. The highest BCUT2D eigenvalue weighted by atomic mass is 16.7. The molecule has 2 unspecified atom stereocenters. The van der Waals surface area contributed by atoms with Crippen LogP contribution in [-0.4, -0.2) is 53.5 Å². The molecule has 0 aliphatic carbocycles. The van der Waals surface area contributed by atoms with Crippen LogP contribution in [0.4, 0.5) is 11.5 Å². The number of carbonyl (C=O) groups excluding carboxylic acids is 1. The van der Waals surface area contributed by atoms with Crippen LogP contribution >= 0.6 is 0 Å². The third-order valence-corrected chi connectivity index (χ3v) is 8.53. The molecule has 3 aliphatic heterocycles. The molecule has 0 bridgehead atoms. The van der Waals surface area contributed by atoms with Gasteiger partial charge in [-0.25, -0.2) is 4.98 Å². The van der Waals surface area contributed by atoms with Crippen molar-refractivity contribution in [1.29, 1.82) is 0 Å². The molecular formula is C35H35N5O5. The van der Waals surface area contributed by atoms with Crippen molar-refractivity contribution in [2.45, 2.75) is 32.0 Å². The summed E-state index contributed by atoms with van der Waals surface area (Å²) in [7, 11) is 1.90. The lowest BCUT2D eigenvalue weighted by Crippen LogP contribution is -2.32. The van der Waals surface area contributed by atoms with E-state index in [1.807, 2.05) is 78.6 Å². The molecule has 10 nitrogen and oxygen atoms in total. The second-order valence-corrected chi connectivity index (χ2v) is 11.6. The molecule has 5 heterocycles. The zero-order valence-electron chi connectivity index (χ0n) is 25.4. The van der Waals surface area contributed by atoms with Crippen molar-refractivity contribution in [2.24, 2.45) is 5.92 Å². The number of aromatic nitrogens is 2. The van der Waals surface area contributed by atoms with E-state index in [2.05, 4.69) is 21.9 Å². The number of hydrazine groups is 1. The second kappa shape index (κ2) is 11.9. The Kier molecular flexibility index (Phi) is 7.60. The summed E-state index contributed by atoms with van der Waals surface area (Å²) in [6.07, 6.45) is 6.16. The first-order chi connectivity index (χ1) is 21.9. The minimum Gasteiger partial charge on any atom is -0.493 e. The van der Waals surface area contributed by atoms with Crippen LogP contribution in [0, 0.1) is 5.92 Å². The maximum atomic E-state index is 13.3. The van der Waals surface area contributed by atoms with E-state index in [9.17, 15) is 4.79 Å². The van der Waals surface area contributed by atoms with Crippen LogP contribution in [-0.2, 0) is 14.3 Å². The number of para-hydroxylation sites is 1. The molecule has 2 aromatic carbocycles. The first kappa shape index (κ1) is 28.8. The van der Waals surface area contributed by atoms with Gasteiger partial charge >= 0.3 is 0 Å². The van der Waals surface area contributed by atoms with Gasteiger partial charge in [-0.2, -0.15) is 0 Å². The molecule has 10 heteroatoms. The van der Waals surface area contributed by atoms with E-state index in [0.29, 0.717) is 47.7 Å². The largest absolute Gasteiger partial charge is 0.493 e. The van der Waals surface area contributed by atoms with Crippen molar-refractivity contribution in [3.8, 4) is 17.2 Å². The molecule has 1 spiro atoms. The van der Waals surface area contributed by atoms with Gasteiger partial charge < -0.3 is 24.3 Å². The summed E-state index contributed by atoms with van der Waals surface area (Å²) in [5.74, 6) is 1.94. The lowest BCUT2D eigenvalue weighted by molar-refractivity contribution is -0.178. The van der Waals surface area contributed by atoms with E-state index in [1.54, 1.807) is 24.5 Å². The van der Waals surface area contributed by atoms with Gasteiger partial charge in [-0.1, -0.05) is 24.8 Å². The van der Waals surface area contributed by atoms with Gasteiger partial charge in [0.1, 0.15) is 23.1 Å². The minimum atomic E-state index is -0.396. The van der Waals surface area contributed by atoms with Gasteiger partial charge in [0.25, 0.3) is 5.91 Å². The molecular weight excluding hydrogens is 570 g/mol. The van der Waals surface area contributed by atoms with E-state index < -0.39 is 5.79 Å². The Morgan fingerprint density at radius 2 is 1.93 bits per heavy atom. The first-order valence-electron chi connectivity index (χ1n) is 15.1. The molecule has 3 aliphatic rings. The third kappa shape index (κ3) is 5.70. The van der Waals surface area contributed by atoms with E-state index in [-0.39, 0.29) is 5.91 Å². The lowest BCUT2D eigenvalue weighted by atomic mass is 10.0. The fourth-order valence-corrected chi connectivity index (χ4v) is 6.20. The number of nitrogens with zero attached hydrogens (tertiary/aromatic N) is 4. The fourth-order valence-electron chi connectivity index (χ4n) is 6.20. The van der Waals surface area contributed by atoms with Crippen molar-refractivity contribution in [3.63, 3.8) is 0 Å². The Balaban J connectivity index is 0.984. The van der Waals surface area contributed by atoms with Crippen molar-refractivity contribution in [2.75, 3.05) is 37.2 Å². The number of nitrogens with one attached hydrogen (secondary N) is 1. The Bertz CT molecular complexity index is 1770. The summed E-state index contributed by atoms with van der Waals surface area (Å²) >= 11 is 0. The zero-order chi connectivity index (χ0) is 31.0. The predicted octanol–water partition coefficient (Wildman–Crippen LogP) is 6.44. The lowest BCUT2D eigenvalue weighted by Gasteiger charge is -2.29. The number of pyridine rings is 2. The summed E-state index contributed by atoms with van der Waals surface area (Å²) in [6, 6.07) is 20.9. The van der Waals surface area contributed by atoms with Crippen LogP contribution in [0.1, 0.15) is 26.2 Å². The maximum Gasteiger partial charge on any atom is 0.260 e. The maximum absolute atomic E-state index is 13.3. The average molecular weight is 606 g/mol. The molecule has 45 heavy (non-hydrogen) atoms. The van der Waals surface area contributed by atoms with Crippen LogP contribution in [0.25, 0.3) is 10.9 Å². The number of benzene rings is 2. The zero-order valence-corrected chi connectivity index (χ0v) is 25.4. The SMILES string of the molecule is C=C1C(C(=O)Nc2ccc(Oc3ccnc4cc(OCC5COC6(CCCO6)C5)ccc34)cn2)=C(C)N(C)N1c1ccccc1. The highest BCUT2D eigenvalue weighted by Gasteiger charge is 2.44. The standard InChI is InChI=1S/C35H35N5O5/c1-23-33(24(2)40(39(23)3)26-8-5-4-6-9-26)34(41)38-32-13-11-28(20-37-32)45-31-14-16-36-30-18-27(10-12-29(30)31)42-21-25-19-35(44-22-25)15-7-17-43-35/h4-6,8-14,16,18,20,25H,2,7,15,17,19,21-22H2,1,3H3,(H,37,38,41). The highest BCUT2D eigenvalue weighted by molar-refractivity contribution is 6.08. The smallest absolute Gasteiger partial charge is 0.260 e. The summed E-state index contributed by atoms with van der Waals surface area (Å²) in [4.78, 5) is 22.3. The minimum absolute atomic E-state index is 0.283. The number of ether oxygens (including phenoxy) is 4. The monoisotopic (exact) mass is 605 g/mol. The fraction of sp³-hybridized carbons (Fsp3) is 0.286. The van der Waals surface area contributed by atoms with E-state index in [4.69, 9.17) is 18.9 Å². The summed E-state index contributed by atoms with van der Waals surface area (Å²) < 4.78 is 24.1. The van der Waals surface area contributed by atoms with Gasteiger partial charge in [0.15, 0.2) is 5.79 Å². The molecule has 2 atom stereocenters. The van der Waals surface area contributed by atoms with E-state index in [0.717, 1.165) is 53.9 Å². The normalized spacial score (nSPS) is 21.3. The van der Waals surface area contributed by atoms with Crippen molar-refractivity contribution < 1.29 is 23.7 Å². The molecule has 2 fully saturated rings. The molecule has 0 radical (unpaired) electrons. The number of fused-ring (bicyclic) bond motifs is 1. The van der Waals surface area contributed by atoms with Crippen LogP contribution in [0.3, 0.4) is 0 Å². The first-order valence-corrected chi connectivity index (χ1v) is 15.1. The molecule has 2 aromatic heterocycles. The van der Waals surface area contributed by atoms with Gasteiger partial charge in [0, 0.05) is 49.2 Å².